The average molecular weight is 213 g/mol. The lowest BCUT2D eigenvalue weighted by atomic mass is 10.3. The fraction of sp³-hybridized carbons (Fsp3) is 0.333. The normalized spacial score (nSPS) is 9.64. The molecule has 0 radical (unpaired) electrons. The van der Waals surface area contributed by atoms with Crippen LogP contribution >= 0.6 is 11.3 Å². The number of aryl methyl sites for hydroxylation is 1. The molecule has 0 spiro atoms. The minimum absolute atomic E-state index is 0.197. The molecule has 0 aromatic carbocycles. The minimum atomic E-state index is -0.432. The third kappa shape index (κ3) is 2.32. The Bertz CT molecular complexity index is 370. The summed E-state index contributed by atoms with van der Waals surface area (Å²) in [6, 6.07) is 1.70. The van der Waals surface area contributed by atoms with E-state index < -0.39 is 5.97 Å². The lowest BCUT2D eigenvalue weighted by molar-refractivity contribution is -0.114. The van der Waals surface area contributed by atoms with Crippen molar-refractivity contribution in [2.75, 3.05) is 12.4 Å². The molecular formula is C9H11NO3S. The van der Waals surface area contributed by atoms with Crippen molar-refractivity contribution < 1.29 is 14.3 Å². The lowest BCUT2D eigenvalue weighted by Crippen LogP contribution is -2.09. The van der Waals surface area contributed by atoms with Gasteiger partial charge in [0.1, 0.15) is 5.00 Å². The van der Waals surface area contributed by atoms with Gasteiger partial charge in [-0.15, -0.1) is 11.3 Å². The second-order valence-electron chi connectivity index (χ2n) is 2.77. The maximum Gasteiger partial charge on any atom is 0.340 e. The number of carbonyl (C=O) groups excluding carboxylic acids is 2. The predicted octanol–water partition coefficient (Wildman–Crippen LogP) is 1.80. The molecule has 1 aromatic rings. The molecule has 1 aromatic heterocycles. The van der Waals surface area contributed by atoms with Crippen molar-refractivity contribution >= 4 is 28.2 Å². The van der Waals surface area contributed by atoms with Crippen LogP contribution in [0.4, 0.5) is 5.00 Å². The first-order chi connectivity index (χ1) is 6.54. The Morgan fingerprint density at radius 3 is 2.64 bits per heavy atom. The average Bonchev–Trinajstić information content (AvgIpc) is 2.44. The van der Waals surface area contributed by atoms with E-state index in [9.17, 15) is 9.59 Å². The third-order valence-corrected chi connectivity index (χ3v) is 2.52. The van der Waals surface area contributed by atoms with Crippen molar-refractivity contribution in [3.8, 4) is 0 Å². The zero-order valence-electron chi connectivity index (χ0n) is 8.21. The number of carbonyl (C=O) groups is 2. The monoisotopic (exact) mass is 213 g/mol. The van der Waals surface area contributed by atoms with E-state index >= 15 is 0 Å². The number of nitrogens with one attached hydrogen (secondary N) is 1. The van der Waals surface area contributed by atoms with Crippen LogP contribution in [-0.4, -0.2) is 19.0 Å². The van der Waals surface area contributed by atoms with E-state index in [1.807, 2.05) is 6.92 Å². The highest BCUT2D eigenvalue weighted by Gasteiger charge is 2.15. The molecule has 76 valence electrons. The number of hydrogen-bond donors (Lipinski definition) is 1. The molecule has 4 nitrogen and oxygen atoms in total. The lowest BCUT2D eigenvalue weighted by Gasteiger charge is -2.01. The second kappa shape index (κ2) is 4.23. The van der Waals surface area contributed by atoms with Crippen LogP contribution in [0.5, 0.6) is 0 Å². The highest BCUT2D eigenvalue weighted by molar-refractivity contribution is 7.16. The molecule has 1 N–H and O–H groups in total. The molecule has 0 atom stereocenters. The Hall–Kier alpha value is -1.36. The summed E-state index contributed by atoms with van der Waals surface area (Å²) in [5, 5.41) is 3.13. The topological polar surface area (TPSA) is 55.4 Å². The standard InChI is InChI=1S/C9H11NO3S/c1-5-4-7(9(12)13-3)8(14-5)10-6(2)11/h4H,1-3H3,(H,10,11). The van der Waals surface area contributed by atoms with Crippen LogP contribution in [0, 0.1) is 6.92 Å². The van der Waals surface area contributed by atoms with E-state index in [2.05, 4.69) is 10.1 Å². The molecule has 1 heterocycles. The summed E-state index contributed by atoms with van der Waals surface area (Å²) >= 11 is 1.35. The van der Waals surface area contributed by atoms with Gasteiger partial charge in [-0.05, 0) is 13.0 Å². The van der Waals surface area contributed by atoms with Gasteiger partial charge in [0.25, 0.3) is 0 Å². The van der Waals surface area contributed by atoms with Crippen LogP contribution in [-0.2, 0) is 9.53 Å². The largest absolute Gasteiger partial charge is 0.465 e. The molecule has 1 rings (SSSR count). The smallest absolute Gasteiger partial charge is 0.340 e. The van der Waals surface area contributed by atoms with Crippen molar-refractivity contribution in [1.29, 1.82) is 0 Å². The Morgan fingerprint density at radius 1 is 1.50 bits per heavy atom. The summed E-state index contributed by atoms with van der Waals surface area (Å²) in [7, 11) is 1.31. The first kappa shape index (κ1) is 10.7. The molecule has 0 unspecified atom stereocenters. The van der Waals surface area contributed by atoms with Crippen LogP contribution in [0.15, 0.2) is 6.07 Å². The number of hydrogen-bond acceptors (Lipinski definition) is 4. The van der Waals surface area contributed by atoms with Gasteiger partial charge < -0.3 is 10.1 Å². The van der Waals surface area contributed by atoms with Gasteiger partial charge in [-0.3, -0.25) is 4.79 Å². The van der Waals surface area contributed by atoms with E-state index in [-0.39, 0.29) is 5.91 Å². The molecule has 0 saturated heterocycles. The zero-order valence-corrected chi connectivity index (χ0v) is 9.03. The molecule has 0 bridgehead atoms. The molecule has 0 aliphatic carbocycles. The van der Waals surface area contributed by atoms with Gasteiger partial charge in [-0.25, -0.2) is 4.79 Å². The van der Waals surface area contributed by atoms with Gasteiger partial charge in [-0.1, -0.05) is 0 Å². The number of methoxy groups -OCH3 is 1. The Labute approximate surface area is 85.9 Å². The highest BCUT2D eigenvalue weighted by Crippen LogP contribution is 2.27. The molecular weight excluding hydrogens is 202 g/mol. The third-order valence-electron chi connectivity index (χ3n) is 1.55. The van der Waals surface area contributed by atoms with Crippen molar-refractivity contribution in [3.05, 3.63) is 16.5 Å². The zero-order chi connectivity index (χ0) is 10.7. The van der Waals surface area contributed by atoms with Gasteiger partial charge in [0.2, 0.25) is 5.91 Å². The van der Waals surface area contributed by atoms with Crippen molar-refractivity contribution in [1.82, 2.24) is 0 Å². The van der Waals surface area contributed by atoms with E-state index in [0.29, 0.717) is 10.6 Å². The van der Waals surface area contributed by atoms with Crippen LogP contribution in [0.3, 0.4) is 0 Å². The van der Waals surface area contributed by atoms with Crippen LogP contribution in [0.2, 0.25) is 0 Å². The molecule has 1 amide bonds. The van der Waals surface area contributed by atoms with Crippen LogP contribution < -0.4 is 5.32 Å². The number of thiophene rings is 1. The fourth-order valence-corrected chi connectivity index (χ4v) is 1.97. The van der Waals surface area contributed by atoms with Crippen LogP contribution in [0.25, 0.3) is 0 Å². The molecule has 0 aliphatic heterocycles. The summed E-state index contributed by atoms with van der Waals surface area (Å²) in [6.45, 7) is 3.26. The maximum atomic E-state index is 11.3. The molecule has 14 heavy (non-hydrogen) atoms. The summed E-state index contributed by atoms with van der Waals surface area (Å²) in [5.74, 6) is -0.630. The SMILES string of the molecule is COC(=O)c1cc(C)sc1NC(C)=O. The quantitative estimate of drug-likeness (QED) is 0.762. The van der Waals surface area contributed by atoms with E-state index in [1.165, 1.54) is 25.4 Å². The fourth-order valence-electron chi connectivity index (χ4n) is 1.03. The van der Waals surface area contributed by atoms with Crippen molar-refractivity contribution in [2.45, 2.75) is 13.8 Å². The summed E-state index contributed by atoms with van der Waals surface area (Å²) in [6.07, 6.45) is 0. The molecule has 0 aliphatic rings. The van der Waals surface area contributed by atoms with Gasteiger partial charge in [-0.2, -0.15) is 0 Å². The van der Waals surface area contributed by atoms with E-state index in [0.717, 1.165) is 4.88 Å². The molecule has 0 saturated carbocycles. The van der Waals surface area contributed by atoms with Crippen molar-refractivity contribution in [3.63, 3.8) is 0 Å². The Balaban J connectivity index is 3.02. The van der Waals surface area contributed by atoms with E-state index in [1.54, 1.807) is 6.07 Å². The number of ether oxygens (including phenoxy) is 1. The van der Waals surface area contributed by atoms with Crippen LogP contribution in [0.1, 0.15) is 22.2 Å². The number of esters is 1. The van der Waals surface area contributed by atoms with Gasteiger partial charge >= 0.3 is 5.97 Å². The minimum Gasteiger partial charge on any atom is -0.465 e. The van der Waals surface area contributed by atoms with Crippen molar-refractivity contribution in [2.24, 2.45) is 0 Å². The van der Waals surface area contributed by atoms with Gasteiger partial charge in [0, 0.05) is 11.8 Å². The second-order valence-corrected chi connectivity index (χ2v) is 4.03. The molecule has 5 heteroatoms. The first-order valence-corrected chi connectivity index (χ1v) is 4.82. The molecule has 0 fully saturated rings. The summed E-state index contributed by atoms with van der Waals surface area (Å²) in [4.78, 5) is 23.0. The summed E-state index contributed by atoms with van der Waals surface area (Å²) in [5.41, 5.74) is 0.408. The van der Waals surface area contributed by atoms with Gasteiger partial charge in [0.15, 0.2) is 0 Å². The maximum absolute atomic E-state index is 11.3. The Morgan fingerprint density at radius 2 is 2.14 bits per heavy atom. The first-order valence-electron chi connectivity index (χ1n) is 4.01. The van der Waals surface area contributed by atoms with Gasteiger partial charge in [0.05, 0.1) is 12.7 Å². The predicted molar refractivity (Wildman–Crippen MR) is 54.7 cm³/mol. The highest BCUT2D eigenvalue weighted by atomic mass is 32.1. The Kier molecular flexibility index (Phi) is 3.24. The number of amides is 1. The summed E-state index contributed by atoms with van der Waals surface area (Å²) < 4.78 is 4.59. The number of anilines is 1. The number of rotatable bonds is 2. The van der Waals surface area contributed by atoms with E-state index in [4.69, 9.17) is 0 Å².